The summed E-state index contributed by atoms with van der Waals surface area (Å²) in [6.07, 6.45) is 5.14. The first-order valence-electron chi connectivity index (χ1n) is 8.75. The third-order valence-corrected chi connectivity index (χ3v) is 6.21. The quantitative estimate of drug-likeness (QED) is 0.877. The van der Waals surface area contributed by atoms with Crippen LogP contribution in [-0.4, -0.2) is 39.1 Å². The molecular weight excluding hydrogens is 336 g/mol. The number of fused-ring (bicyclic) bond motifs is 1. The number of hydrogen-bond donors (Lipinski definition) is 1. The molecule has 136 valence electrons. The number of nitrogens with zero attached hydrogens (tertiary/aromatic N) is 1. The SMILES string of the molecule is CC(C)(C)OC(=O)N1CCC(S(=O)c2ccc3c(c2)C=CNC3)CC1. The van der Waals surface area contributed by atoms with Gasteiger partial charge >= 0.3 is 6.09 Å². The Morgan fingerprint density at radius 3 is 2.68 bits per heavy atom. The lowest BCUT2D eigenvalue weighted by Crippen LogP contribution is -2.43. The minimum absolute atomic E-state index is 0.0856. The maximum atomic E-state index is 12.9. The summed E-state index contributed by atoms with van der Waals surface area (Å²) in [6, 6.07) is 6.05. The normalized spacial score (nSPS) is 19.1. The standard InChI is InChI=1S/C19H26N2O3S/c1-19(2,3)24-18(22)21-10-7-16(8-11-21)25(23)17-5-4-15-13-20-9-6-14(15)12-17/h4-6,9,12,16,20H,7-8,10-11,13H2,1-3H3. The Kier molecular flexibility index (Phi) is 5.18. The van der Waals surface area contributed by atoms with E-state index in [2.05, 4.69) is 11.4 Å². The second kappa shape index (κ2) is 7.20. The van der Waals surface area contributed by atoms with Gasteiger partial charge in [-0.2, -0.15) is 0 Å². The number of carbonyl (C=O) groups is 1. The molecule has 3 rings (SSSR count). The van der Waals surface area contributed by atoms with Crippen LogP contribution in [0, 0.1) is 0 Å². The van der Waals surface area contributed by atoms with Crippen LogP contribution in [0.1, 0.15) is 44.7 Å². The van der Waals surface area contributed by atoms with Crippen LogP contribution in [0.2, 0.25) is 0 Å². The minimum Gasteiger partial charge on any atom is -0.444 e. The first-order chi connectivity index (χ1) is 11.8. The Morgan fingerprint density at radius 2 is 2.00 bits per heavy atom. The average molecular weight is 362 g/mol. The Morgan fingerprint density at radius 1 is 1.28 bits per heavy atom. The third-order valence-electron chi connectivity index (χ3n) is 4.42. The number of piperidine rings is 1. The highest BCUT2D eigenvalue weighted by Crippen LogP contribution is 2.25. The molecule has 1 saturated heterocycles. The van der Waals surface area contributed by atoms with Crippen molar-refractivity contribution in [1.29, 1.82) is 0 Å². The molecule has 6 heteroatoms. The maximum absolute atomic E-state index is 12.9. The van der Waals surface area contributed by atoms with E-state index in [9.17, 15) is 9.00 Å². The van der Waals surface area contributed by atoms with Crippen molar-refractivity contribution in [2.24, 2.45) is 0 Å². The molecule has 0 aromatic heterocycles. The van der Waals surface area contributed by atoms with Gasteiger partial charge in [0, 0.05) is 29.8 Å². The van der Waals surface area contributed by atoms with Gasteiger partial charge in [-0.25, -0.2) is 4.79 Å². The highest BCUT2D eigenvalue weighted by atomic mass is 32.2. The van der Waals surface area contributed by atoms with Crippen molar-refractivity contribution in [3.63, 3.8) is 0 Å². The molecule has 1 N–H and O–H groups in total. The van der Waals surface area contributed by atoms with E-state index in [1.807, 2.05) is 45.2 Å². The van der Waals surface area contributed by atoms with Crippen molar-refractivity contribution >= 4 is 23.0 Å². The molecule has 25 heavy (non-hydrogen) atoms. The van der Waals surface area contributed by atoms with Crippen molar-refractivity contribution in [3.05, 3.63) is 35.5 Å². The summed E-state index contributed by atoms with van der Waals surface area (Å²) >= 11 is 0. The molecule has 0 aliphatic carbocycles. The highest BCUT2D eigenvalue weighted by molar-refractivity contribution is 7.85. The fourth-order valence-electron chi connectivity index (χ4n) is 3.10. The van der Waals surface area contributed by atoms with Crippen LogP contribution in [0.25, 0.3) is 6.08 Å². The lowest BCUT2D eigenvalue weighted by atomic mass is 10.1. The number of benzene rings is 1. The van der Waals surface area contributed by atoms with E-state index < -0.39 is 16.4 Å². The van der Waals surface area contributed by atoms with Crippen molar-refractivity contribution in [2.75, 3.05) is 13.1 Å². The smallest absolute Gasteiger partial charge is 0.410 e. The number of hydrogen-bond acceptors (Lipinski definition) is 4. The van der Waals surface area contributed by atoms with Gasteiger partial charge in [0.15, 0.2) is 0 Å². The molecule has 5 nitrogen and oxygen atoms in total. The fourth-order valence-corrected chi connectivity index (χ4v) is 4.57. The minimum atomic E-state index is -1.05. The number of nitrogens with one attached hydrogen (secondary N) is 1. The summed E-state index contributed by atoms with van der Waals surface area (Å²) < 4.78 is 18.3. The summed E-state index contributed by atoms with van der Waals surface area (Å²) in [5, 5.41) is 3.26. The Labute approximate surface area is 151 Å². The number of carbonyl (C=O) groups excluding carboxylic acids is 1. The third kappa shape index (κ3) is 4.42. The summed E-state index contributed by atoms with van der Waals surface area (Å²) in [7, 11) is -1.05. The van der Waals surface area contributed by atoms with Gasteiger partial charge in [0.2, 0.25) is 0 Å². The number of likely N-dealkylation sites (tertiary alicyclic amines) is 1. The molecule has 1 fully saturated rings. The van der Waals surface area contributed by atoms with E-state index in [0.29, 0.717) is 13.1 Å². The van der Waals surface area contributed by atoms with Gasteiger partial charge in [-0.1, -0.05) is 6.07 Å². The number of rotatable bonds is 2. The van der Waals surface area contributed by atoms with Gasteiger partial charge in [0.1, 0.15) is 5.60 Å². The molecule has 1 aromatic rings. The maximum Gasteiger partial charge on any atom is 0.410 e. The second-order valence-electron chi connectivity index (χ2n) is 7.54. The lowest BCUT2D eigenvalue weighted by Gasteiger charge is -2.33. The highest BCUT2D eigenvalue weighted by Gasteiger charge is 2.30. The molecule has 2 aliphatic heterocycles. The molecule has 1 unspecified atom stereocenters. The largest absolute Gasteiger partial charge is 0.444 e. The molecule has 0 bridgehead atoms. The van der Waals surface area contributed by atoms with Crippen LogP contribution in [-0.2, 0) is 22.1 Å². The topological polar surface area (TPSA) is 58.6 Å². The summed E-state index contributed by atoms with van der Waals surface area (Å²) in [4.78, 5) is 14.7. The summed E-state index contributed by atoms with van der Waals surface area (Å²) in [5.74, 6) is 0. The average Bonchev–Trinajstić information content (AvgIpc) is 2.59. The molecular formula is C19H26N2O3S. The zero-order valence-electron chi connectivity index (χ0n) is 15.1. The first-order valence-corrected chi connectivity index (χ1v) is 9.96. The van der Waals surface area contributed by atoms with Crippen molar-refractivity contribution in [3.8, 4) is 0 Å². The summed E-state index contributed by atoms with van der Waals surface area (Å²) in [6.45, 7) is 7.61. The molecule has 0 saturated carbocycles. The van der Waals surface area contributed by atoms with Crippen LogP contribution in [0.15, 0.2) is 29.3 Å². The van der Waals surface area contributed by atoms with Crippen molar-refractivity contribution in [1.82, 2.24) is 10.2 Å². The lowest BCUT2D eigenvalue weighted by molar-refractivity contribution is 0.0218. The van der Waals surface area contributed by atoms with Crippen LogP contribution in [0.4, 0.5) is 4.79 Å². The molecule has 2 aliphatic rings. The van der Waals surface area contributed by atoms with Crippen LogP contribution >= 0.6 is 0 Å². The van der Waals surface area contributed by atoms with Crippen LogP contribution in [0.3, 0.4) is 0 Å². The van der Waals surface area contributed by atoms with E-state index in [-0.39, 0.29) is 11.3 Å². The molecule has 1 amide bonds. The zero-order valence-corrected chi connectivity index (χ0v) is 15.9. The number of ether oxygens (including phenoxy) is 1. The summed E-state index contributed by atoms with van der Waals surface area (Å²) in [5.41, 5.74) is 1.88. The van der Waals surface area contributed by atoms with Gasteiger partial charge in [-0.3, -0.25) is 4.21 Å². The molecule has 1 atom stereocenters. The second-order valence-corrected chi connectivity index (χ2v) is 9.27. The van der Waals surface area contributed by atoms with E-state index in [1.54, 1.807) is 4.90 Å². The van der Waals surface area contributed by atoms with E-state index in [0.717, 1.165) is 29.8 Å². The molecule has 0 radical (unpaired) electrons. The Hall–Kier alpha value is -1.82. The van der Waals surface area contributed by atoms with E-state index >= 15 is 0 Å². The Bertz CT molecular complexity index is 701. The fraction of sp³-hybridized carbons (Fsp3) is 0.526. The van der Waals surface area contributed by atoms with Gasteiger partial charge in [-0.15, -0.1) is 0 Å². The van der Waals surface area contributed by atoms with Crippen LogP contribution < -0.4 is 5.32 Å². The molecule has 0 spiro atoms. The van der Waals surface area contributed by atoms with Gasteiger partial charge in [0.25, 0.3) is 0 Å². The van der Waals surface area contributed by atoms with E-state index in [1.165, 1.54) is 5.56 Å². The van der Waals surface area contributed by atoms with E-state index in [4.69, 9.17) is 4.74 Å². The van der Waals surface area contributed by atoms with Crippen LogP contribution in [0.5, 0.6) is 0 Å². The van der Waals surface area contributed by atoms with Gasteiger partial charge in [-0.05, 0) is 69.1 Å². The van der Waals surface area contributed by atoms with Gasteiger partial charge < -0.3 is 15.0 Å². The zero-order chi connectivity index (χ0) is 18.0. The molecule has 1 aromatic carbocycles. The first kappa shape index (κ1) is 18.0. The van der Waals surface area contributed by atoms with Gasteiger partial charge in [0.05, 0.1) is 10.8 Å². The number of amides is 1. The predicted octanol–water partition coefficient (Wildman–Crippen LogP) is 3.27. The van der Waals surface area contributed by atoms with Crippen molar-refractivity contribution < 1.29 is 13.7 Å². The Balaban J connectivity index is 1.61. The predicted molar refractivity (Wildman–Crippen MR) is 99.6 cm³/mol. The monoisotopic (exact) mass is 362 g/mol. The molecule has 2 heterocycles. The van der Waals surface area contributed by atoms with Crippen molar-refractivity contribution in [2.45, 2.75) is 55.9 Å².